The van der Waals surface area contributed by atoms with E-state index in [0.29, 0.717) is 5.56 Å². The maximum atomic E-state index is 13.3. The van der Waals surface area contributed by atoms with E-state index in [0.717, 1.165) is 25.7 Å². The lowest BCUT2D eigenvalue weighted by molar-refractivity contribution is 0.103. The van der Waals surface area contributed by atoms with Crippen LogP contribution >= 0.6 is 31.9 Å². The summed E-state index contributed by atoms with van der Waals surface area (Å²) in [5.74, 6) is 0.0531. The van der Waals surface area contributed by atoms with Crippen molar-refractivity contribution in [2.24, 2.45) is 16.2 Å². The normalized spacial score (nSPS) is 28.6. The van der Waals surface area contributed by atoms with Crippen molar-refractivity contribution in [3.8, 4) is 0 Å². The van der Waals surface area contributed by atoms with Gasteiger partial charge in [-0.3, -0.25) is 4.79 Å². The molecule has 0 spiro atoms. The number of carbonyl (C=O) groups is 1. The number of allylic oxidation sites excluding steroid dienone is 14. The molecule has 4 aliphatic carbocycles. The van der Waals surface area contributed by atoms with E-state index in [-0.39, 0.29) is 22.0 Å². The van der Waals surface area contributed by atoms with Gasteiger partial charge in [-0.1, -0.05) is 109 Å². The molecule has 5 rings (SSSR count). The van der Waals surface area contributed by atoms with E-state index in [1.807, 2.05) is 30.3 Å². The van der Waals surface area contributed by atoms with E-state index in [4.69, 9.17) is 0 Å². The van der Waals surface area contributed by atoms with E-state index in [1.54, 1.807) is 0 Å². The SMILES string of the molecule is CC(C)(C)C1=CC2=C(Br)C=C3C=C(C(=O)c4ccccc4)C=C4C(Br)=CC(=C1)[C@]2(C)[C@]34C. The monoisotopic (exact) mass is 548 g/mol. The molecule has 0 bridgehead atoms. The maximum Gasteiger partial charge on any atom is 0.193 e. The van der Waals surface area contributed by atoms with Gasteiger partial charge in [-0.05, 0) is 57.6 Å². The number of carbonyl (C=O) groups excluding carboxylic acids is 1. The fraction of sp³-hybridized carbons (Fsp3) is 0.276. The summed E-state index contributed by atoms with van der Waals surface area (Å²) in [6, 6.07) is 9.52. The van der Waals surface area contributed by atoms with Gasteiger partial charge in [0.25, 0.3) is 0 Å². The van der Waals surface area contributed by atoms with Crippen molar-refractivity contribution in [2.45, 2.75) is 34.6 Å². The van der Waals surface area contributed by atoms with Gasteiger partial charge in [-0.2, -0.15) is 0 Å². The van der Waals surface area contributed by atoms with Crippen LogP contribution in [0.4, 0.5) is 0 Å². The lowest BCUT2D eigenvalue weighted by Crippen LogP contribution is -2.49. The van der Waals surface area contributed by atoms with Gasteiger partial charge in [-0.25, -0.2) is 0 Å². The van der Waals surface area contributed by atoms with Crippen LogP contribution in [0.25, 0.3) is 0 Å². The van der Waals surface area contributed by atoms with E-state index in [9.17, 15) is 4.79 Å². The Morgan fingerprint density at radius 3 is 2.12 bits per heavy atom. The van der Waals surface area contributed by atoms with E-state index >= 15 is 0 Å². The van der Waals surface area contributed by atoms with Crippen LogP contribution in [0, 0.1) is 16.2 Å². The largest absolute Gasteiger partial charge is 0.289 e. The number of ketones is 1. The Morgan fingerprint density at radius 2 is 1.47 bits per heavy atom. The Balaban J connectivity index is 1.78. The van der Waals surface area contributed by atoms with Gasteiger partial charge < -0.3 is 0 Å². The first-order valence-corrected chi connectivity index (χ1v) is 12.5. The van der Waals surface area contributed by atoms with Gasteiger partial charge in [-0.15, -0.1) is 0 Å². The quantitative estimate of drug-likeness (QED) is 0.338. The molecule has 0 amide bonds. The zero-order valence-electron chi connectivity index (χ0n) is 19.0. The molecule has 0 unspecified atom stereocenters. The summed E-state index contributed by atoms with van der Waals surface area (Å²) in [6.45, 7) is 11.5. The predicted octanol–water partition coefficient (Wildman–Crippen LogP) is 8.54. The first kappa shape index (κ1) is 21.9. The second-order valence-corrected chi connectivity index (χ2v) is 12.1. The predicted molar refractivity (Wildman–Crippen MR) is 140 cm³/mol. The van der Waals surface area contributed by atoms with Crippen LogP contribution in [-0.2, 0) is 0 Å². The molecule has 1 nitrogen and oxygen atoms in total. The standard InChI is InChI=1S/C29H26Br2O/c1-27(2,3)19-13-21-16-24(30)22-12-18(26(32)17-9-7-6-8-10-17)11-20-15-25(31)23(14-19)29(21,5)28(20,22)4/h6-16H,1-5H3/t28-,29+/m1/s1. The molecule has 0 N–H and O–H groups in total. The second kappa shape index (κ2) is 7.01. The van der Waals surface area contributed by atoms with Crippen molar-refractivity contribution in [1.29, 1.82) is 0 Å². The van der Waals surface area contributed by atoms with Crippen molar-refractivity contribution in [2.75, 3.05) is 0 Å². The van der Waals surface area contributed by atoms with Crippen LogP contribution in [0.2, 0.25) is 0 Å². The van der Waals surface area contributed by atoms with E-state index < -0.39 is 0 Å². The summed E-state index contributed by atoms with van der Waals surface area (Å²) >= 11 is 7.78. The number of halogens is 2. The fourth-order valence-electron chi connectivity index (χ4n) is 5.47. The van der Waals surface area contributed by atoms with Gasteiger partial charge in [0, 0.05) is 30.9 Å². The molecule has 0 aliphatic heterocycles. The summed E-state index contributed by atoms with van der Waals surface area (Å²) in [5, 5.41) is 0. The van der Waals surface area contributed by atoms with Gasteiger partial charge in [0.2, 0.25) is 0 Å². The van der Waals surface area contributed by atoms with E-state index in [2.05, 4.69) is 103 Å². The molecule has 0 heterocycles. The Bertz CT molecular complexity index is 1290. The fourth-order valence-corrected chi connectivity index (χ4v) is 6.99. The molecule has 32 heavy (non-hydrogen) atoms. The number of hydrogen-bond acceptors (Lipinski definition) is 1. The minimum absolute atomic E-state index is 0.0531. The van der Waals surface area contributed by atoms with Crippen molar-refractivity contribution < 1.29 is 4.79 Å². The third kappa shape index (κ3) is 2.83. The van der Waals surface area contributed by atoms with Crippen molar-refractivity contribution in [3.05, 3.63) is 115 Å². The third-order valence-corrected chi connectivity index (χ3v) is 9.01. The summed E-state index contributed by atoms with van der Waals surface area (Å²) in [5.41, 5.74) is 7.24. The highest BCUT2D eigenvalue weighted by Crippen LogP contribution is 2.69. The Hall–Kier alpha value is -1.97. The Labute approximate surface area is 207 Å². The smallest absolute Gasteiger partial charge is 0.193 e. The summed E-state index contributed by atoms with van der Waals surface area (Å²) in [7, 11) is 0. The molecule has 1 aromatic rings. The summed E-state index contributed by atoms with van der Waals surface area (Å²) in [4.78, 5) is 13.3. The average molecular weight is 550 g/mol. The van der Waals surface area contributed by atoms with Crippen LogP contribution in [0.3, 0.4) is 0 Å². The zero-order chi connectivity index (χ0) is 23.1. The van der Waals surface area contributed by atoms with Gasteiger partial charge in [0.05, 0.1) is 0 Å². The summed E-state index contributed by atoms with van der Waals surface area (Å²) < 4.78 is 2.14. The second-order valence-electron chi connectivity index (χ2n) is 10.4. The maximum absolute atomic E-state index is 13.3. The first-order valence-electron chi connectivity index (χ1n) is 11.0. The highest BCUT2D eigenvalue weighted by atomic mass is 79.9. The van der Waals surface area contributed by atoms with E-state index in [1.165, 1.54) is 16.7 Å². The van der Waals surface area contributed by atoms with Crippen LogP contribution < -0.4 is 0 Å². The molecular formula is C29H26Br2O. The molecule has 4 aliphatic rings. The van der Waals surface area contributed by atoms with Gasteiger partial charge in [0.15, 0.2) is 5.78 Å². The Morgan fingerprint density at radius 1 is 0.812 bits per heavy atom. The summed E-state index contributed by atoms with van der Waals surface area (Å²) in [6.07, 6.45) is 13.4. The molecule has 0 radical (unpaired) electrons. The highest BCUT2D eigenvalue weighted by molar-refractivity contribution is 9.12. The minimum Gasteiger partial charge on any atom is -0.289 e. The lowest BCUT2D eigenvalue weighted by Gasteiger charge is -2.58. The molecule has 2 atom stereocenters. The van der Waals surface area contributed by atoms with Crippen LogP contribution in [-0.4, -0.2) is 5.78 Å². The molecule has 0 saturated carbocycles. The lowest BCUT2D eigenvalue weighted by atomic mass is 9.46. The third-order valence-electron chi connectivity index (χ3n) is 7.70. The first-order chi connectivity index (χ1) is 15.0. The highest BCUT2D eigenvalue weighted by Gasteiger charge is 2.59. The van der Waals surface area contributed by atoms with Crippen molar-refractivity contribution in [1.82, 2.24) is 0 Å². The molecule has 0 fully saturated rings. The van der Waals surface area contributed by atoms with Crippen LogP contribution in [0.5, 0.6) is 0 Å². The number of Topliss-reactive ketones (excluding diaryl/α,β-unsaturated/α-hetero) is 1. The van der Waals surface area contributed by atoms with Crippen molar-refractivity contribution >= 4 is 37.6 Å². The van der Waals surface area contributed by atoms with Gasteiger partial charge in [0.1, 0.15) is 0 Å². The number of hydrogen-bond donors (Lipinski definition) is 0. The Kier molecular flexibility index (Phi) is 4.79. The number of rotatable bonds is 2. The van der Waals surface area contributed by atoms with Crippen molar-refractivity contribution in [3.63, 3.8) is 0 Å². The topological polar surface area (TPSA) is 17.1 Å². The van der Waals surface area contributed by atoms with Crippen LogP contribution in [0.15, 0.2) is 109 Å². The molecular weight excluding hydrogens is 524 g/mol. The molecule has 1 aromatic carbocycles. The van der Waals surface area contributed by atoms with Crippen LogP contribution in [0.1, 0.15) is 45.0 Å². The zero-order valence-corrected chi connectivity index (χ0v) is 22.2. The molecule has 3 heteroatoms. The average Bonchev–Trinajstić information content (AvgIpc) is 2.74. The molecule has 162 valence electrons. The molecule has 0 aromatic heterocycles. The minimum atomic E-state index is -0.278. The molecule has 0 saturated heterocycles. The number of benzene rings is 1. The van der Waals surface area contributed by atoms with Gasteiger partial charge >= 0.3 is 0 Å².